The van der Waals surface area contributed by atoms with Crippen LogP contribution in [0.3, 0.4) is 0 Å². The molecule has 7 heteroatoms. The van der Waals surface area contributed by atoms with Crippen molar-refractivity contribution in [2.45, 2.75) is 12.2 Å². The van der Waals surface area contributed by atoms with E-state index in [0.717, 1.165) is 10.2 Å². The number of rotatable bonds is 3. The van der Waals surface area contributed by atoms with E-state index in [1.165, 1.54) is 11.3 Å². The number of hydrogen-bond acceptors (Lipinski definition) is 5. The number of aromatic nitrogens is 1. The molecule has 2 N–H and O–H groups in total. The van der Waals surface area contributed by atoms with E-state index in [1.54, 1.807) is 12.2 Å². The van der Waals surface area contributed by atoms with Gasteiger partial charge in [-0.1, -0.05) is 35.6 Å². The van der Waals surface area contributed by atoms with Crippen LogP contribution < -0.4 is 5.32 Å². The Balaban J connectivity index is 1.59. The molecular formula is C15H12N2O4S. The summed E-state index contributed by atoms with van der Waals surface area (Å²) in [6, 6.07) is 7.57. The summed E-state index contributed by atoms with van der Waals surface area (Å²) in [7, 11) is 0. The monoisotopic (exact) mass is 316 g/mol. The smallest absolute Gasteiger partial charge is 0.310 e. The lowest BCUT2D eigenvalue weighted by Gasteiger charge is -2.20. The third kappa shape index (κ3) is 2.01. The highest BCUT2D eigenvalue weighted by molar-refractivity contribution is 7.22. The van der Waals surface area contributed by atoms with Gasteiger partial charge in [-0.3, -0.25) is 9.59 Å². The maximum atomic E-state index is 12.5. The number of carbonyl (C=O) groups is 2. The zero-order chi connectivity index (χ0) is 15.3. The van der Waals surface area contributed by atoms with Crippen LogP contribution in [0.2, 0.25) is 0 Å². The Morgan fingerprint density at radius 1 is 1.18 bits per heavy atom. The van der Waals surface area contributed by atoms with E-state index in [2.05, 4.69) is 10.3 Å². The molecule has 0 unspecified atom stereocenters. The molecule has 1 saturated heterocycles. The van der Waals surface area contributed by atoms with Crippen LogP contribution in [0.15, 0.2) is 36.4 Å². The minimum atomic E-state index is -1.01. The molecule has 0 aliphatic carbocycles. The van der Waals surface area contributed by atoms with Gasteiger partial charge in [-0.05, 0) is 12.1 Å². The Morgan fingerprint density at radius 3 is 2.64 bits per heavy atom. The van der Waals surface area contributed by atoms with Crippen LogP contribution in [0.4, 0.5) is 5.13 Å². The number of aliphatic carboxylic acids is 1. The molecule has 0 radical (unpaired) electrons. The van der Waals surface area contributed by atoms with Gasteiger partial charge in [0.1, 0.15) is 5.92 Å². The zero-order valence-electron chi connectivity index (χ0n) is 11.3. The first kappa shape index (κ1) is 13.4. The number of carboxylic acid groups (broad SMARTS) is 1. The topological polar surface area (TPSA) is 88.5 Å². The minimum absolute atomic E-state index is 0.358. The molecular weight excluding hydrogens is 304 g/mol. The van der Waals surface area contributed by atoms with Gasteiger partial charge >= 0.3 is 5.97 Å². The second-order valence-corrected chi connectivity index (χ2v) is 6.35. The van der Waals surface area contributed by atoms with E-state index in [9.17, 15) is 14.7 Å². The molecule has 3 heterocycles. The summed E-state index contributed by atoms with van der Waals surface area (Å²) in [5, 5.41) is 12.5. The normalized spacial score (nSPS) is 29.1. The average molecular weight is 316 g/mol. The zero-order valence-corrected chi connectivity index (χ0v) is 12.1. The average Bonchev–Trinajstić information content (AvgIpc) is 3.19. The van der Waals surface area contributed by atoms with Crippen LogP contribution in [0.25, 0.3) is 10.2 Å². The molecule has 6 nitrogen and oxygen atoms in total. The summed E-state index contributed by atoms with van der Waals surface area (Å²) in [5.41, 5.74) is 0.807. The van der Waals surface area contributed by atoms with Gasteiger partial charge in [-0.15, -0.1) is 0 Å². The van der Waals surface area contributed by atoms with E-state index in [4.69, 9.17) is 4.74 Å². The van der Waals surface area contributed by atoms with E-state index in [1.807, 2.05) is 24.3 Å². The standard InChI is InChI=1S/C15H12N2O4S/c18-13(11-8-5-6-9(21-8)12(11)14(19)20)17-15-16-7-3-1-2-4-10(7)22-15/h1-6,8-9,11-12H,(H,19,20)(H,16,17,18)/t8-,9-,11+,12+/m1/s1. The van der Waals surface area contributed by atoms with Crippen molar-refractivity contribution in [2.75, 3.05) is 5.32 Å². The van der Waals surface area contributed by atoms with Crippen molar-refractivity contribution in [3.63, 3.8) is 0 Å². The van der Waals surface area contributed by atoms with E-state index in [0.29, 0.717) is 5.13 Å². The van der Waals surface area contributed by atoms with Crippen LogP contribution in [-0.4, -0.2) is 34.2 Å². The van der Waals surface area contributed by atoms with Gasteiger partial charge in [0, 0.05) is 0 Å². The van der Waals surface area contributed by atoms with E-state index in [-0.39, 0.29) is 5.91 Å². The summed E-state index contributed by atoms with van der Waals surface area (Å²) in [6.45, 7) is 0. The van der Waals surface area contributed by atoms with Crippen LogP contribution in [0.1, 0.15) is 0 Å². The number of carboxylic acids is 1. The summed E-state index contributed by atoms with van der Waals surface area (Å²) in [6.07, 6.45) is 2.48. The molecule has 1 aromatic heterocycles. The van der Waals surface area contributed by atoms with Crippen LogP contribution >= 0.6 is 11.3 Å². The van der Waals surface area contributed by atoms with Crippen molar-refractivity contribution in [1.29, 1.82) is 0 Å². The fourth-order valence-electron chi connectivity index (χ4n) is 3.03. The molecule has 2 aromatic rings. The molecule has 1 amide bonds. The number of nitrogens with zero attached hydrogens (tertiary/aromatic N) is 1. The lowest BCUT2D eigenvalue weighted by molar-refractivity contribution is -0.145. The number of ether oxygens (including phenoxy) is 1. The fourth-order valence-corrected chi connectivity index (χ4v) is 3.90. The quantitative estimate of drug-likeness (QED) is 0.844. The first-order chi connectivity index (χ1) is 10.6. The summed E-state index contributed by atoms with van der Waals surface area (Å²) in [5.74, 6) is -2.94. The predicted octanol–water partition coefficient (Wildman–Crippen LogP) is 1.89. The maximum absolute atomic E-state index is 12.5. The van der Waals surface area contributed by atoms with Crippen molar-refractivity contribution in [1.82, 2.24) is 4.98 Å². The number of benzene rings is 1. The molecule has 4 rings (SSSR count). The Morgan fingerprint density at radius 2 is 1.91 bits per heavy atom. The molecule has 112 valence electrons. The van der Waals surface area contributed by atoms with Crippen LogP contribution in [0, 0.1) is 11.8 Å². The molecule has 22 heavy (non-hydrogen) atoms. The van der Waals surface area contributed by atoms with Gasteiger partial charge in [0.05, 0.1) is 28.3 Å². The van der Waals surface area contributed by atoms with Gasteiger partial charge in [0.15, 0.2) is 5.13 Å². The van der Waals surface area contributed by atoms with Gasteiger partial charge < -0.3 is 15.2 Å². The van der Waals surface area contributed by atoms with E-state index >= 15 is 0 Å². The number of thiazole rings is 1. The van der Waals surface area contributed by atoms with E-state index < -0.39 is 30.0 Å². The number of nitrogens with one attached hydrogen (secondary N) is 1. The number of amides is 1. The highest BCUT2D eigenvalue weighted by Gasteiger charge is 2.53. The first-order valence-corrected chi connectivity index (χ1v) is 7.68. The van der Waals surface area contributed by atoms with Crippen molar-refractivity contribution >= 4 is 38.6 Å². The summed E-state index contributed by atoms with van der Waals surface area (Å²) in [4.78, 5) is 28.2. The van der Waals surface area contributed by atoms with Crippen molar-refractivity contribution < 1.29 is 19.4 Å². The number of fused-ring (bicyclic) bond motifs is 3. The molecule has 2 aliphatic heterocycles. The third-order valence-electron chi connectivity index (χ3n) is 4.01. The van der Waals surface area contributed by atoms with Crippen LogP contribution in [0.5, 0.6) is 0 Å². The highest BCUT2D eigenvalue weighted by Crippen LogP contribution is 2.40. The lowest BCUT2D eigenvalue weighted by Crippen LogP contribution is -2.39. The minimum Gasteiger partial charge on any atom is -0.481 e. The Kier molecular flexibility index (Phi) is 2.98. The van der Waals surface area contributed by atoms with Gasteiger partial charge in [-0.25, -0.2) is 4.98 Å². The van der Waals surface area contributed by atoms with Gasteiger partial charge in [0.2, 0.25) is 5.91 Å². The number of para-hydroxylation sites is 1. The largest absolute Gasteiger partial charge is 0.481 e. The molecule has 0 saturated carbocycles. The molecule has 4 atom stereocenters. The maximum Gasteiger partial charge on any atom is 0.310 e. The first-order valence-electron chi connectivity index (χ1n) is 6.86. The van der Waals surface area contributed by atoms with Crippen molar-refractivity contribution in [3.8, 4) is 0 Å². The number of anilines is 1. The number of hydrogen-bond donors (Lipinski definition) is 2. The fraction of sp³-hybridized carbons (Fsp3) is 0.267. The predicted molar refractivity (Wildman–Crippen MR) is 80.7 cm³/mol. The molecule has 2 aliphatic rings. The third-order valence-corrected chi connectivity index (χ3v) is 4.96. The second kappa shape index (κ2) is 4.89. The van der Waals surface area contributed by atoms with Crippen molar-refractivity contribution in [2.24, 2.45) is 11.8 Å². The SMILES string of the molecule is O=C(O)[C@@H]1[C@@H](C(=O)Nc2nc3ccccc3s2)[C@H]2C=C[C@H]1O2. The Labute approximate surface area is 129 Å². The molecule has 1 aromatic carbocycles. The summed E-state index contributed by atoms with van der Waals surface area (Å²) >= 11 is 1.36. The molecule has 2 bridgehead atoms. The van der Waals surface area contributed by atoms with Gasteiger partial charge in [0.25, 0.3) is 0 Å². The van der Waals surface area contributed by atoms with Gasteiger partial charge in [-0.2, -0.15) is 0 Å². The Bertz CT molecular complexity index is 767. The Hall–Kier alpha value is -2.25. The lowest BCUT2D eigenvalue weighted by atomic mass is 9.82. The van der Waals surface area contributed by atoms with Crippen LogP contribution in [-0.2, 0) is 14.3 Å². The molecule has 0 spiro atoms. The highest BCUT2D eigenvalue weighted by atomic mass is 32.1. The van der Waals surface area contributed by atoms with Crippen molar-refractivity contribution in [3.05, 3.63) is 36.4 Å². The second-order valence-electron chi connectivity index (χ2n) is 5.32. The molecule has 1 fully saturated rings. The summed E-state index contributed by atoms with van der Waals surface area (Å²) < 4.78 is 6.48. The number of carbonyl (C=O) groups excluding carboxylic acids is 1.